The quantitative estimate of drug-likeness (QED) is 0.389. The molecular weight excluding hydrogens is 252 g/mol. The molecule has 0 aliphatic rings. The monoisotopic (exact) mass is 264 g/mol. The number of carbonyl (C=O) groups is 2. The van der Waals surface area contributed by atoms with Gasteiger partial charge in [0.05, 0.1) is 0 Å². The largest absolute Gasteiger partial charge is 2.00 e. The van der Waals surface area contributed by atoms with Gasteiger partial charge in [0.2, 0.25) is 0 Å². The zero-order valence-electron chi connectivity index (χ0n) is 11.1. The van der Waals surface area contributed by atoms with Crippen LogP contribution in [0.25, 0.3) is 0 Å². The molecule has 6 heteroatoms. The Labute approximate surface area is 131 Å². The number of esters is 1. The molecule has 0 spiro atoms. The van der Waals surface area contributed by atoms with Gasteiger partial charge in [0.25, 0.3) is 0 Å². The number of rotatable bonds is 3. The number of aromatic hydroxyl groups is 1. The van der Waals surface area contributed by atoms with Gasteiger partial charge in [-0.25, -0.2) is 9.59 Å². The Bertz CT molecular complexity index is 425. The molecule has 1 aromatic carbocycles. The first kappa shape index (κ1) is 16.0. The molecule has 0 atom stereocenters. The fourth-order valence-corrected chi connectivity index (χ4v) is 0.933. The Morgan fingerprint density at radius 1 is 1.41 bits per heavy atom. The average Bonchev–Trinajstić information content (AvgIpc) is 2.26. The van der Waals surface area contributed by atoms with E-state index in [1.165, 1.54) is 24.3 Å². The minimum absolute atomic E-state index is 0. The van der Waals surface area contributed by atoms with Gasteiger partial charge in [-0.1, -0.05) is 24.8 Å². The number of para-hydroxylation sites is 1. The topological polar surface area (TPSA) is 72.8 Å². The summed E-state index contributed by atoms with van der Waals surface area (Å²) >= 11 is 0. The normalized spacial score (nSPS) is 8.71. The van der Waals surface area contributed by atoms with Crippen molar-refractivity contribution in [2.75, 3.05) is 6.61 Å². The summed E-state index contributed by atoms with van der Waals surface area (Å²) in [6.45, 7) is 3.28. The van der Waals surface area contributed by atoms with Crippen molar-refractivity contribution in [2.24, 2.45) is 0 Å². The Morgan fingerprint density at radius 2 is 2.06 bits per heavy atom. The smallest absolute Gasteiger partial charge is 1.00 e. The molecule has 88 valence electrons. The standard InChI is InChI=1S/C11H10O5.Ca.2H/c1-2-7-15-11(14)16-10(13)8-5-3-4-6-9(8)12;;;/h2-6,12H,1,7H2;;;/q;+2;2*-1. The summed E-state index contributed by atoms with van der Waals surface area (Å²) in [6.07, 6.45) is 0.208. The molecule has 1 aromatic rings. The van der Waals surface area contributed by atoms with E-state index in [0.717, 1.165) is 0 Å². The fourth-order valence-electron chi connectivity index (χ4n) is 0.933. The van der Waals surface area contributed by atoms with Gasteiger partial charge in [-0.2, -0.15) is 0 Å². The van der Waals surface area contributed by atoms with Gasteiger partial charge in [0, 0.05) is 0 Å². The third-order valence-electron chi connectivity index (χ3n) is 1.62. The SMILES string of the molecule is C=CCOC(=O)OC(=O)c1ccccc1O.[Ca+2].[H-].[H-]. The second-order valence-electron chi connectivity index (χ2n) is 2.76. The van der Waals surface area contributed by atoms with E-state index < -0.39 is 12.1 Å². The Balaban J connectivity index is -0.000000853. The van der Waals surface area contributed by atoms with Gasteiger partial charge in [0.15, 0.2) is 0 Å². The van der Waals surface area contributed by atoms with Crippen LogP contribution in [0.3, 0.4) is 0 Å². The second-order valence-corrected chi connectivity index (χ2v) is 2.76. The Kier molecular flexibility index (Phi) is 7.61. The molecule has 0 bridgehead atoms. The second kappa shape index (κ2) is 8.11. The van der Waals surface area contributed by atoms with Crippen LogP contribution in [-0.2, 0) is 9.47 Å². The summed E-state index contributed by atoms with van der Waals surface area (Å²) in [7, 11) is 0. The molecule has 17 heavy (non-hydrogen) atoms. The van der Waals surface area contributed by atoms with E-state index in [1.54, 1.807) is 6.07 Å². The molecule has 0 saturated heterocycles. The van der Waals surface area contributed by atoms with Crippen LogP contribution in [0.5, 0.6) is 5.75 Å². The summed E-state index contributed by atoms with van der Waals surface area (Å²) in [5.41, 5.74) is -0.0990. The number of ether oxygens (including phenoxy) is 2. The van der Waals surface area contributed by atoms with Crippen molar-refractivity contribution in [2.45, 2.75) is 0 Å². The molecule has 0 aliphatic heterocycles. The van der Waals surface area contributed by atoms with E-state index in [4.69, 9.17) is 0 Å². The molecule has 1 N–H and O–H groups in total. The average molecular weight is 264 g/mol. The first-order chi connectivity index (χ1) is 7.65. The number of hydrogen-bond acceptors (Lipinski definition) is 5. The number of phenols is 1. The summed E-state index contributed by atoms with van der Waals surface area (Å²) in [5.74, 6) is -1.23. The summed E-state index contributed by atoms with van der Waals surface area (Å²) in [6, 6.07) is 5.72. The molecule has 0 amide bonds. The van der Waals surface area contributed by atoms with Crippen molar-refractivity contribution >= 4 is 49.9 Å². The summed E-state index contributed by atoms with van der Waals surface area (Å²) in [4.78, 5) is 22.2. The van der Waals surface area contributed by atoms with Crippen molar-refractivity contribution in [3.63, 3.8) is 0 Å². The van der Waals surface area contributed by atoms with Gasteiger partial charge in [-0.15, -0.1) is 0 Å². The minimum atomic E-state index is -1.13. The maximum Gasteiger partial charge on any atom is 2.00 e. The predicted molar refractivity (Wildman–Crippen MR) is 63.0 cm³/mol. The van der Waals surface area contributed by atoms with Crippen LogP contribution in [0.15, 0.2) is 36.9 Å². The maximum absolute atomic E-state index is 11.3. The van der Waals surface area contributed by atoms with E-state index in [-0.39, 0.29) is 58.5 Å². The van der Waals surface area contributed by atoms with E-state index in [0.29, 0.717) is 0 Å². The van der Waals surface area contributed by atoms with E-state index in [2.05, 4.69) is 16.1 Å². The van der Waals surface area contributed by atoms with Crippen molar-refractivity contribution in [1.82, 2.24) is 0 Å². The number of hydrogen-bond donors (Lipinski definition) is 1. The molecule has 0 aromatic heterocycles. The summed E-state index contributed by atoms with van der Waals surface area (Å²) in [5, 5.41) is 9.30. The first-order valence-electron chi connectivity index (χ1n) is 4.43. The van der Waals surface area contributed by atoms with Crippen LogP contribution in [0.1, 0.15) is 13.2 Å². The molecule has 0 aliphatic carbocycles. The van der Waals surface area contributed by atoms with Crippen LogP contribution >= 0.6 is 0 Å². The number of benzene rings is 1. The van der Waals surface area contributed by atoms with E-state index in [9.17, 15) is 14.7 Å². The third-order valence-corrected chi connectivity index (χ3v) is 1.62. The number of phenolic OH excluding ortho intramolecular Hbond substituents is 1. The molecule has 0 saturated carbocycles. The van der Waals surface area contributed by atoms with Gasteiger partial charge in [-0.05, 0) is 12.1 Å². The van der Waals surface area contributed by atoms with Gasteiger partial charge >= 0.3 is 49.9 Å². The molecule has 5 nitrogen and oxygen atoms in total. The minimum Gasteiger partial charge on any atom is -1.00 e. The molecule has 0 unspecified atom stereocenters. The Morgan fingerprint density at radius 3 is 2.65 bits per heavy atom. The molecular formula is C11H12CaO5. The molecule has 1 rings (SSSR count). The van der Waals surface area contributed by atoms with Crippen LogP contribution in [-0.4, -0.2) is 61.6 Å². The number of carbonyl (C=O) groups excluding carboxylic acids is 2. The molecule has 0 fully saturated rings. The zero-order chi connectivity index (χ0) is 12.0. The predicted octanol–water partition coefficient (Wildman–Crippen LogP) is 1.72. The zero-order valence-corrected chi connectivity index (χ0v) is 11.3. The maximum atomic E-state index is 11.3. The van der Waals surface area contributed by atoms with Gasteiger partial charge in [-0.3, -0.25) is 0 Å². The molecule has 0 radical (unpaired) electrons. The molecule has 0 heterocycles. The van der Waals surface area contributed by atoms with Gasteiger partial charge < -0.3 is 17.4 Å². The first-order valence-corrected chi connectivity index (χ1v) is 4.43. The van der Waals surface area contributed by atoms with Crippen LogP contribution in [0.2, 0.25) is 0 Å². The van der Waals surface area contributed by atoms with E-state index in [1.807, 2.05) is 0 Å². The van der Waals surface area contributed by atoms with Crippen molar-refractivity contribution in [3.8, 4) is 5.75 Å². The van der Waals surface area contributed by atoms with Crippen LogP contribution < -0.4 is 0 Å². The van der Waals surface area contributed by atoms with Crippen molar-refractivity contribution in [1.29, 1.82) is 0 Å². The van der Waals surface area contributed by atoms with Crippen LogP contribution in [0, 0.1) is 0 Å². The van der Waals surface area contributed by atoms with Crippen LogP contribution in [0.4, 0.5) is 4.79 Å². The van der Waals surface area contributed by atoms with Gasteiger partial charge in [0.1, 0.15) is 17.9 Å². The van der Waals surface area contributed by atoms with E-state index >= 15 is 0 Å². The summed E-state index contributed by atoms with van der Waals surface area (Å²) < 4.78 is 8.75. The van der Waals surface area contributed by atoms with Crippen molar-refractivity contribution < 1.29 is 27.0 Å². The Hall–Kier alpha value is -1.04. The van der Waals surface area contributed by atoms with Crippen molar-refractivity contribution in [3.05, 3.63) is 42.5 Å². The fraction of sp³-hybridized carbons (Fsp3) is 0.0909. The third kappa shape index (κ3) is 5.21.